The first-order valence-corrected chi connectivity index (χ1v) is 12.0. The molecule has 2 N–H and O–H groups in total. The first kappa shape index (κ1) is 21.2. The fraction of sp³-hybridized carbons (Fsp3) is 0.560. The molecule has 0 saturated heterocycles. The average Bonchev–Trinajstić information content (AvgIpc) is 3.38. The number of alkyl halides is 1. The van der Waals surface area contributed by atoms with Crippen molar-refractivity contribution in [3.63, 3.8) is 0 Å². The second kappa shape index (κ2) is 8.68. The molecule has 7 heteroatoms. The molecule has 2 aromatic heterocycles. The summed E-state index contributed by atoms with van der Waals surface area (Å²) in [7, 11) is 0. The van der Waals surface area contributed by atoms with Gasteiger partial charge in [-0.2, -0.15) is 4.98 Å². The molecular formula is C25H33FN6. The molecule has 6 nitrogen and oxygen atoms in total. The Balaban J connectivity index is 1.51. The summed E-state index contributed by atoms with van der Waals surface area (Å²) in [5, 5.41) is 7.06. The lowest BCUT2D eigenvalue weighted by molar-refractivity contribution is 0.295. The van der Waals surface area contributed by atoms with Crippen LogP contribution in [0.5, 0.6) is 0 Å². The van der Waals surface area contributed by atoms with Gasteiger partial charge < -0.3 is 10.6 Å². The quantitative estimate of drug-likeness (QED) is 0.459. The number of imidazole rings is 1. The second-order valence-corrected chi connectivity index (χ2v) is 9.97. The second-order valence-electron chi connectivity index (χ2n) is 9.97. The van der Waals surface area contributed by atoms with Gasteiger partial charge in [0, 0.05) is 17.3 Å². The van der Waals surface area contributed by atoms with Gasteiger partial charge in [0.15, 0.2) is 5.65 Å². The molecule has 0 unspecified atom stereocenters. The smallest absolute Gasteiger partial charge is 0.225 e. The molecule has 1 aromatic carbocycles. The van der Waals surface area contributed by atoms with Crippen LogP contribution in [0.1, 0.15) is 76.8 Å². The highest BCUT2D eigenvalue weighted by molar-refractivity contribution is 5.76. The molecule has 0 spiro atoms. The summed E-state index contributed by atoms with van der Waals surface area (Å²) in [6, 6.07) is 7.78. The molecule has 0 atom stereocenters. The number of benzene rings is 1. The zero-order valence-corrected chi connectivity index (χ0v) is 19.1. The number of aromatic nitrogens is 4. The summed E-state index contributed by atoms with van der Waals surface area (Å²) in [6.07, 6.45) is 11.3. The maximum absolute atomic E-state index is 12.9. The Morgan fingerprint density at radius 2 is 1.78 bits per heavy atom. The molecule has 3 aromatic rings. The van der Waals surface area contributed by atoms with Crippen molar-refractivity contribution in [2.45, 2.75) is 83.5 Å². The van der Waals surface area contributed by atoms with Gasteiger partial charge in [0.05, 0.1) is 6.20 Å². The van der Waals surface area contributed by atoms with Gasteiger partial charge in [0.2, 0.25) is 11.9 Å². The average molecular weight is 437 g/mol. The van der Waals surface area contributed by atoms with E-state index in [-0.39, 0.29) is 5.54 Å². The summed E-state index contributed by atoms with van der Waals surface area (Å²) in [5.74, 6) is 2.23. The van der Waals surface area contributed by atoms with Gasteiger partial charge in [-0.25, -0.2) is 14.4 Å². The van der Waals surface area contributed by atoms with E-state index in [1.54, 1.807) is 0 Å². The SMILES string of the molecule is CC1CCC(n2c(Nc3ccc(CF)cc3)nc3cnc(NC4(C)CCCC4)nc32)CC1. The highest BCUT2D eigenvalue weighted by Crippen LogP contribution is 2.37. The number of nitrogens with zero attached hydrogens (tertiary/aromatic N) is 4. The standard InChI is InChI=1S/C25H33FN6/c1-17-5-11-20(12-6-17)32-22-21(16-27-23(30-22)31-25(2)13-3-4-14-25)29-24(32)28-19-9-7-18(15-26)8-10-19/h7-10,16-17,20H,3-6,11-15H2,1-2H3,(H,28,29)(H,27,30,31). The van der Waals surface area contributed by atoms with Crippen molar-refractivity contribution < 1.29 is 4.39 Å². The van der Waals surface area contributed by atoms with Crippen LogP contribution in [0.25, 0.3) is 11.2 Å². The third-order valence-corrected chi connectivity index (χ3v) is 7.27. The molecule has 2 aliphatic carbocycles. The molecule has 2 saturated carbocycles. The van der Waals surface area contributed by atoms with Crippen molar-refractivity contribution in [1.29, 1.82) is 0 Å². The van der Waals surface area contributed by atoms with Crippen molar-refractivity contribution in [3.8, 4) is 0 Å². The molecule has 32 heavy (non-hydrogen) atoms. The third-order valence-electron chi connectivity index (χ3n) is 7.27. The van der Waals surface area contributed by atoms with Crippen LogP contribution in [0.15, 0.2) is 30.5 Å². The summed E-state index contributed by atoms with van der Waals surface area (Å²) in [6.45, 7) is 4.14. The number of hydrogen-bond donors (Lipinski definition) is 2. The van der Waals surface area contributed by atoms with Gasteiger partial charge in [-0.1, -0.05) is 31.9 Å². The van der Waals surface area contributed by atoms with E-state index in [0.29, 0.717) is 17.6 Å². The number of anilines is 3. The molecule has 0 bridgehead atoms. The summed E-state index contributed by atoms with van der Waals surface area (Å²) in [4.78, 5) is 14.4. The van der Waals surface area contributed by atoms with Crippen LogP contribution in [0.2, 0.25) is 0 Å². The first-order valence-electron chi connectivity index (χ1n) is 12.0. The third kappa shape index (κ3) is 4.30. The number of nitrogens with one attached hydrogen (secondary N) is 2. The largest absolute Gasteiger partial charge is 0.349 e. The number of halogens is 1. The van der Waals surface area contributed by atoms with E-state index in [1.165, 1.54) is 25.7 Å². The molecule has 0 amide bonds. The van der Waals surface area contributed by atoms with Crippen molar-refractivity contribution in [3.05, 3.63) is 36.0 Å². The lowest BCUT2D eigenvalue weighted by atomic mass is 9.87. The van der Waals surface area contributed by atoms with Gasteiger partial charge in [-0.3, -0.25) is 4.57 Å². The van der Waals surface area contributed by atoms with E-state index in [2.05, 4.69) is 34.0 Å². The first-order chi connectivity index (χ1) is 15.5. The highest BCUT2D eigenvalue weighted by Gasteiger charge is 2.30. The van der Waals surface area contributed by atoms with Crippen molar-refractivity contribution >= 4 is 28.7 Å². The lowest BCUT2D eigenvalue weighted by Crippen LogP contribution is -2.31. The minimum atomic E-state index is -0.455. The van der Waals surface area contributed by atoms with Gasteiger partial charge >= 0.3 is 0 Å². The van der Waals surface area contributed by atoms with E-state index in [1.807, 2.05) is 30.5 Å². The topological polar surface area (TPSA) is 67.7 Å². The Labute approximate surface area is 189 Å². The molecule has 0 radical (unpaired) electrons. The van der Waals surface area contributed by atoms with Crippen molar-refractivity contribution in [2.24, 2.45) is 5.92 Å². The Kier molecular flexibility index (Phi) is 5.74. The van der Waals surface area contributed by atoms with E-state index >= 15 is 0 Å². The van der Waals surface area contributed by atoms with Gasteiger partial charge in [0.25, 0.3) is 0 Å². The number of fused-ring (bicyclic) bond motifs is 1. The van der Waals surface area contributed by atoms with Crippen LogP contribution >= 0.6 is 0 Å². The molecule has 2 heterocycles. The van der Waals surface area contributed by atoms with E-state index in [0.717, 1.165) is 54.4 Å². The predicted molar refractivity (Wildman–Crippen MR) is 127 cm³/mol. The van der Waals surface area contributed by atoms with Crippen LogP contribution in [0.3, 0.4) is 0 Å². The Morgan fingerprint density at radius 1 is 1.06 bits per heavy atom. The number of rotatable bonds is 6. The molecule has 2 fully saturated rings. The van der Waals surface area contributed by atoms with Crippen LogP contribution in [-0.2, 0) is 6.67 Å². The fourth-order valence-electron chi connectivity index (χ4n) is 5.24. The summed E-state index contributed by atoms with van der Waals surface area (Å²) < 4.78 is 15.2. The maximum Gasteiger partial charge on any atom is 0.225 e. The summed E-state index contributed by atoms with van der Waals surface area (Å²) in [5.41, 5.74) is 3.32. The van der Waals surface area contributed by atoms with Crippen molar-refractivity contribution in [2.75, 3.05) is 10.6 Å². The van der Waals surface area contributed by atoms with E-state index in [4.69, 9.17) is 9.97 Å². The molecule has 2 aliphatic rings. The van der Waals surface area contributed by atoms with Gasteiger partial charge in [-0.05, 0) is 69.1 Å². The lowest BCUT2D eigenvalue weighted by Gasteiger charge is -2.29. The maximum atomic E-state index is 12.9. The zero-order chi connectivity index (χ0) is 22.1. The zero-order valence-electron chi connectivity index (χ0n) is 19.1. The van der Waals surface area contributed by atoms with Crippen LogP contribution < -0.4 is 10.6 Å². The van der Waals surface area contributed by atoms with E-state index in [9.17, 15) is 4.39 Å². The van der Waals surface area contributed by atoms with E-state index < -0.39 is 6.67 Å². The summed E-state index contributed by atoms with van der Waals surface area (Å²) >= 11 is 0. The normalized spacial score (nSPS) is 22.8. The van der Waals surface area contributed by atoms with Crippen molar-refractivity contribution in [1.82, 2.24) is 19.5 Å². The fourth-order valence-corrected chi connectivity index (χ4v) is 5.24. The highest BCUT2D eigenvalue weighted by atomic mass is 19.1. The van der Waals surface area contributed by atoms with Crippen LogP contribution in [0, 0.1) is 5.92 Å². The van der Waals surface area contributed by atoms with Crippen LogP contribution in [0.4, 0.5) is 22.0 Å². The van der Waals surface area contributed by atoms with Crippen LogP contribution in [-0.4, -0.2) is 25.1 Å². The van der Waals surface area contributed by atoms with Gasteiger partial charge in [-0.15, -0.1) is 0 Å². The minimum Gasteiger partial charge on any atom is -0.349 e. The Hall–Kier alpha value is -2.70. The minimum absolute atomic E-state index is 0.0675. The predicted octanol–water partition coefficient (Wildman–Crippen LogP) is 6.54. The Bertz CT molecular complexity index is 1060. The molecule has 170 valence electrons. The number of hydrogen-bond acceptors (Lipinski definition) is 5. The Morgan fingerprint density at radius 3 is 2.47 bits per heavy atom. The molecule has 5 rings (SSSR count). The molecular weight excluding hydrogens is 403 g/mol. The molecule has 0 aliphatic heterocycles. The van der Waals surface area contributed by atoms with Gasteiger partial charge in [0.1, 0.15) is 12.2 Å². The monoisotopic (exact) mass is 436 g/mol.